The van der Waals surface area contributed by atoms with Crippen molar-refractivity contribution in [3.8, 4) is 0 Å². The molecule has 0 bridgehead atoms. The zero-order chi connectivity index (χ0) is 12.1. The van der Waals surface area contributed by atoms with Crippen molar-refractivity contribution in [3.05, 3.63) is 18.5 Å². The van der Waals surface area contributed by atoms with Gasteiger partial charge in [0.1, 0.15) is 0 Å². The van der Waals surface area contributed by atoms with Crippen molar-refractivity contribution in [2.75, 3.05) is 24.2 Å². The zero-order valence-corrected chi connectivity index (χ0v) is 10.2. The molecule has 1 aromatic heterocycles. The van der Waals surface area contributed by atoms with Gasteiger partial charge in [0.15, 0.2) is 0 Å². The van der Waals surface area contributed by atoms with Gasteiger partial charge >= 0.3 is 0 Å². The third-order valence-electron chi connectivity index (χ3n) is 3.76. The van der Waals surface area contributed by atoms with Crippen molar-refractivity contribution >= 4 is 11.4 Å². The number of hydrogen-bond donors (Lipinski definition) is 3. The molecule has 1 heterocycles. The number of rotatable bonds is 4. The molecule has 4 heteroatoms. The van der Waals surface area contributed by atoms with E-state index in [9.17, 15) is 5.11 Å². The van der Waals surface area contributed by atoms with Crippen LogP contribution < -0.4 is 11.1 Å². The molecule has 2 rings (SSSR count). The van der Waals surface area contributed by atoms with E-state index in [1.165, 1.54) is 19.3 Å². The molecule has 0 aromatic carbocycles. The molecule has 0 radical (unpaired) electrons. The Hall–Kier alpha value is -1.29. The van der Waals surface area contributed by atoms with Gasteiger partial charge in [0.25, 0.3) is 0 Å². The normalized spacial score (nSPS) is 18.9. The lowest BCUT2D eigenvalue weighted by molar-refractivity contribution is 0.0944. The molecule has 1 saturated carbocycles. The second-order valence-corrected chi connectivity index (χ2v) is 5.04. The molecule has 4 N–H and O–H groups in total. The number of nitrogen functional groups attached to an aromatic ring is 1. The first kappa shape index (κ1) is 12.2. The fourth-order valence-electron chi connectivity index (χ4n) is 2.54. The summed E-state index contributed by atoms with van der Waals surface area (Å²) in [6, 6.07) is 1.88. The van der Waals surface area contributed by atoms with E-state index in [0.29, 0.717) is 5.69 Å². The number of nitrogens with one attached hydrogen (secondary N) is 1. The minimum absolute atomic E-state index is 0.0357. The number of nitrogens with zero attached hydrogens (tertiary/aromatic N) is 1. The average Bonchev–Trinajstić information content (AvgIpc) is 2.39. The van der Waals surface area contributed by atoms with Gasteiger partial charge in [0.05, 0.1) is 24.2 Å². The highest BCUT2D eigenvalue weighted by Gasteiger charge is 2.31. The second-order valence-electron chi connectivity index (χ2n) is 5.04. The van der Waals surface area contributed by atoms with Crippen LogP contribution in [0.4, 0.5) is 11.4 Å². The highest BCUT2D eigenvalue weighted by atomic mass is 16.3. The number of aliphatic hydroxyl groups excluding tert-OH is 1. The average molecular weight is 235 g/mol. The van der Waals surface area contributed by atoms with E-state index in [4.69, 9.17) is 5.73 Å². The summed E-state index contributed by atoms with van der Waals surface area (Å²) in [7, 11) is 0. The Kier molecular flexibility index (Phi) is 3.84. The van der Waals surface area contributed by atoms with Gasteiger partial charge in [-0.15, -0.1) is 0 Å². The first-order valence-corrected chi connectivity index (χ1v) is 6.30. The van der Waals surface area contributed by atoms with E-state index in [0.717, 1.165) is 25.1 Å². The van der Waals surface area contributed by atoms with Gasteiger partial charge in [-0.05, 0) is 18.9 Å². The third kappa shape index (κ3) is 2.88. The standard InChI is InChI=1S/C13H21N3O/c14-11-8-15-7-4-12(11)16-9-13(10-17)5-2-1-3-6-13/h4,7-8,17H,1-3,5-6,9-10,14H2,(H,15,16). The molecule has 17 heavy (non-hydrogen) atoms. The molecule has 1 aromatic rings. The molecular formula is C13H21N3O. The minimum Gasteiger partial charge on any atom is -0.396 e. The predicted molar refractivity (Wildman–Crippen MR) is 69.7 cm³/mol. The molecule has 1 aliphatic carbocycles. The molecule has 0 amide bonds. The van der Waals surface area contributed by atoms with Gasteiger partial charge in [-0.1, -0.05) is 19.3 Å². The Morgan fingerprint density at radius 2 is 2.12 bits per heavy atom. The Balaban J connectivity index is 1.98. The first-order valence-electron chi connectivity index (χ1n) is 6.30. The summed E-state index contributed by atoms with van der Waals surface area (Å²) < 4.78 is 0. The number of hydrogen-bond acceptors (Lipinski definition) is 4. The van der Waals surface area contributed by atoms with Crippen molar-refractivity contribution in [2.24, 2.45) is 5.41 Å². The monoisotopic (exact) mass is 235 g/mol. The molecule has 0 atom stereocenters. The minimum atomic E-state index is 0.0357. The number of nitrogens with two attached hydrogens (primary N) is 1. The second kappa shape index (κ2) is 5.36. The lowest BCUT2D eigenvalue weighted by Crippen LogP contribution is -2.35. The summed E-state index contributed by atoms with van der Waals surface area (Å²) in [5, 5.41) is 13.0. The van der Waals surface area contributed by atoms with Crippen LogP contribution in [0.3, 0.4) is 0 Å². The summed E-state index contributed by atoms with van der Waals surface area (Å²) in [5.41, 5.74) is 7.45. The predicted octanol–water partition coefficient (Wildman–Crippen LogP) is 2.02. The topological polar surface area (TPSA) is 71.2 Å². The van der Waals surface area contributed by atoms with E-state index < -0.39 is 0 Å². The quantitative estimate of drug-likeness (QED) is 0.746. The molecule has 4 nitrogen and oxygen atoms in total. The van der Waals surface area contributed by atoms with Crippen LogP contribution in [-0.4, -0.2) is 23.2 Å². The molecule has 1 aliphatic rings. The van der Waals surface area contributed by atoms with Crippen molar-refractivity contribution in [3.63, 3.8) is 0 Å². The van der Waals surface area contributed by atoms with Crippen LogP contribution in [0, 0.1) is 5.41 Å². The maximum absolute atomic E-state index is 9.61. The third-order valence-corrected chi connectivity index (χ3v) is 3.76. The molecule has 0 aliphatic heterocycles. The SMILES string of the molecule is Nc1cnccc1NCC1(CO)CCCCC1. The number of anilines is 2. The van der Waals surface area contributed by atoms with Crippen LogP contribution in [0.5, 0.6) is 0 Å². The number of aliphatic hydroxyl groups is 1. The summed E-state index contributed by atoms with van der Waals surface area (Å²) in [4.78, 5) is 3.96. The molecule has 0 spiro atoms. The molecular weight excluding hydrogens is 214 g/mol. The Labute approximate surface area is 102 Å². The largest absolute Gasteiger partial charge is 0.396 e. The molecule has 0 unspecified atom stereocenters. The first-order chi connectivity index (χ1) is 8.26. The highest BCUT2D eigenvalue weighted by molar-refractivity contribution is 5.64. The lowest BCUT2D eigenvalue weighted by Gasteiger charge is -2.36. The van der Waals surface area contributed by atoms with Gasteiger partial charge in [0, 0.05) is 18.2 Å². The van der Waals surface area contributed by atoms with Crippen molar-refractivity contribution in [2.45, 2.75) is 32.1 Å². The maximum Gasteiger partial charge on any atom is 0.0736 e. The molecule has 94 valence electrons. The number of pyridine rings is 1. The van der Waals surface area contributed by atoms with Crippen LogP contribution in [0.1, 0.15) is 32.1 Å². The van der Waals surface area contributed by atoms with Crippen LogP contribution in [0.25, 0.3) is 0 Å². The highest BCUT2D eigenvalue weighted by Crippen LogP contribution is 2.36. The van der Waals surface area contributed by atoms with E-state index in [1.807, 2.05) is 6.07 Å². The zero-order valence-electron chi connectivity index (χ0n) is 10.2. The van der Waals surface area contributed by atoms with Gasteiger partial charge in [-0.2, -0.15) is 0 Å². The molecule has 0 saturated heterocycles. The van der Waals surface area contributed by atoms with Crippen molar-refractivity contribution in [1.82, 2.24) is 4.98 Å². The van der Waals surface area contributed by atoms with Gasteiger partial charge in [-0.3, -0.25) is 4.98 Å². The number of aromatic nitrogens is 1. The summed E-state index contributed by atoms with van der Waals surface area (Å²) in [5.74, 6) is 0. The van der Waals surface area contributed by atoms with Crippen LogP contribution >= 0.6 is 0 Å². The lowest BCUT2D eigenvalue weighted by atomic mass is 9.74. The van der Waals surface area contributed by atoms with Crippen LogP contribution in [-0.2, 0) is 0 Å². The van der Waals surface area contributed by atoms with Crippen LogP contribution in [0.15, 0.2) is 18.5 Å². The summed E-state index contributed by atoms with van der Waals surface area (Å²) in [6.45, 7) is 1.04. The maximum atomic E-state index is 9.61. The smallest absolute Gasteiger partial charge is 0.0736 e. The summed E-state index contributed by atoms with van der Waals surface area (Å²) >= 11 is 0. The molecule has 1 fully saturated rings. The summed E-state index contributed by atoms with van der Waals surface area (Å²) in [6.07, 6.45) is 9.30. The fraction of sp³-hybridized carbons (Fsp3) is 0.615. The van der Waals surface area contributed by atoms with Gasteiger partial charge < -0.3 is 16.2 Å². The Bertz CT molecular complexity index is 361. The van der Waals surface area contributed by atoms with Crippen molar-refractivity contribution in [1.29, 1.82) is 0 Å². The Morgan fingerprint density at radius 3 is 2.76 bits per heavy atom. The van der Waals surface area contributed by atoms with Crippen LogP contribution in [0.2, 0.25) is 0 Å². The van der Waals surface area contributed by atoms with E-state index in [1.54, 1.807) is 12.4 Å². The van der Waals surface area contributed by atoms with Gasteiger partial charge in [0.2, 0.25) is 0 Å². The van der Waals surface area contributed by atoms with E-state index in [2.05, 4.69) is 10.3 Å². The van der Waals surface area contributed by atoms with Gasteiger partial charge in [-0.25, -0.2) is 0 Å². The Morgan fingerprint density at radius 1 is 1.35 bits per heavy atom. The fourth-order valence-corrected chi connectivity index (χ4v) is 2.54. The van der Waals surface area contributed by atoms with E-state index in [-0.39, 0.29) is 12.0 Å². The van der Waals surface area contributed by atoms with E-state index >= 15 is 0 Å². The van der Waals surface area contributed by atoms with Crippen molar-refractivity contribution < 1.29 is 5.11 Å².